The SMILES string of the molecule is CC(C)N(CCO)c1ccc(Br)cn1. The number of halogens is 1. The van der Waals surface area contributed by atoms with Gasteiger partial charge in [-0.25, -0.2) is 4.98 Å². The Labute approximate surface area is 92.9 Å². The smallest absolute Gasteiger partial charge is 0.128 e. The van der Waals surface area contributed by atoms with Gasteiger partial charge in [-0.05, 0) is 41.9 Å². The largest absolute Gasteiger partial charge is 0.395 e. The molecule has 1 rings (SSSR count). The quantitative estimate of drug-likeness (QED) is 0.899. The predicted octanol–water partition coefficient (Wildman–Crippen LogP) is 2.05. The summed E-state index contributed by atoms with van der Waals surface area (Å²) in [6, 6.07) is 4.24. The van der Waals surface area contributed by atoms with Crippen molar-refractivity contribution in [2.45, 2.75) is 19.9 Å². The average molecular weight is 259 g/mol. The molecule has 0 aliphatic carbocycles. The Morgan fingerprint density at radius 3 is 2.64 bits per heavy atom. The van der Waals surface area contributed by atoms with E-state index in [1.54, 1.807) is 6.20 Å². The normalized spacial score (nSPS) is 10.6. The van der Waals surface area contributed by atoms with E-state index in [9.17, 15) is 0 Å². The monoisotopic (exact) mass is 258 g/mol. The third kappa shape index (κ3) is 2.96. The Balaban J connectivity index is 2.82. The number of aliphatic hydroxyl groups is 1. The molecule has 0 saturated carbocycles. The van der Waals surface area contributed by atoms with Crippen molar-refractivity contribution in [3.63, 3.8) is 0 Å². The summed E-state index contributed by atoms with van der Waals surface area (Å²) in [7, 11) is 0. The van der Waals surface area contributed by atoms with E-state index in [0.29, 0.717) is 12.6 Å². The second-order valence-electron chi connectivity index (χ2n) is 3.35. The minimum atomic E-state index is 0.149. The summed E-state index contributed by atoms with van der Waals surface area (Å²) in [6.07, 6.45) is 1.77. The molecule has 3 nitrogen and oxygen atoms in total. The molecule has 14 heavy (non-hydrogen) atoms. The highest BCUT2D eigenvalue weighted by molar-refractivity contribution is 9.10. The Hall–Kier alpha value is -0.610. The zero-order chi connectivity index (χ0) is 10.6. The van der Waals surface area contributed by atoms with E-state index in [-0.39, 0.29) is 6.61 Å². The van der Waals surface area contributed by atoms with Crippen LogP contribution in [0.15, 0.2) is 22.8 Å². The Kier molecular flexibility index (Phi) is 4.35. The van der Waals surface area contributed by atoms with Crippen LogP contribution in [-0.4, -0.2) is 29.3 Å². The molecule has 1 aromatic rings. The minimum Gasteiger partial charge on any atom is -0.395 e. The third-order valence-corrected chi connectivity index (χ3v) is 2.44. The van der Waals surface area contributed by atoms with Gasteiger partial charge in [-0.3, -0.25) is 0 Å². The Morgan fingerprint density at radius 2 is 2.21 bits per heavy atom. The lowest BCUT2D eigenvalue weighted by Crippen LogP contribution is -2.33. The molecule has 1 heterocycles. The molecule has 0 atom stereocenters. The zero-order valence-corrected chi connectivity index (χ0v) is 10.0. The summed E-state index contributed by atoms with van der Waals surface area (Å²) >= 11 is 3.34. The van der Waals surface area contributed by atoms with Gasteiger partial charge in [-0.15, -0.1) is 0 Å². The molecule has 1 aromatic heterocycles. The van der Waals surface area contributed by atoms with Gasteiger partial charge >= 0.3 is 0 Å². The van der Waals surface area contributed by atoms with E-state index in [2.05, 4.69) is 39.7 Å². The lowest BCUT2D eigenvalue weighted by atomic mass is 10.3. The predicted molar refractivity (Wildman–Crippen MR) is 61.5 cm³/mol. The number of rotatable bonds is 4. The van der Waals surface area contributed by atoms with Gasteiger partial charge in [0.1, 0.15) is 5.82 Å². The highest BCUT2D eigenvalue weighted by atomic mass is 79.9. The molecule has 0 aliphatic heterocycles. The highest BCUT2D eigenvalue weighted by Crippen LogP contribution is 2.16. The lowest BCUT2D eigenvalue weighted by Gasteiger charge is -2.26. The fourth-order valence-corrected chi connectivity index (χ4v) is 1.52. The molecule has 0 aromatic carbocycles. The molecule has 78 valence electrons. The molecule has 0 unspecified atom stereocenters. The van der Waals surface area contributed by atoms with E-state index >= 15 is 0 Å². The molecule has 0 aliphatic rings. The molecular formula is C10H15BrN2O. The summed E-state index contributed by atoms with van der Waals surface area (Å²) in [5.74, 6) is 0.900. The number of hydrogen-bond donors (Lipinski definition) is 1. The second-order valence-corrected chi connectivity index (χ2v) is 4.26. The zero-order valence-electron chi connectivity index (χ0n) is 8.44. The van der Waals surface area contributed by atoms with Crippen LogP contribution >= 0.6 is 15.9 Å². The summed E-state index contributed by atoms with van der Waals surface area (Å²) in [5.41, 5.74) is 0. The first-order chi connectivity index (χ1) is 6.65. The number of anilines is 1. The van der Waals surface area contributed by atoms with Crippen molar-refractivity contribution in [1.82, 2.24) is 4.98 Å². The van der Waals surface area contributed by atoms with Crippen molar-refractivity contribution in [3.8, 4) is 0 Å². The van der Waals surface area contributed by atoms with Gasteiger partial charge < -0.3 is 10.0 Å². The number of aliphatic hydroxyl groups excluding tert-OH is 1. The molecule has 0 fully saturated rings. The number of aromatic nitrogens is 1. The van der Waals surface area contributed by atoms with Crippen LogP contribution in [0.3, 0.4) is 0 Å². The van der Waals surface area contributed by atoms with E-state index in [1.165, 1.54) is 0 Å². The van der Waals surface area contributed by atoms with Gasteiger partial charge in [-0.1, -0.05) is 0 Å². The topological polar surface area (TPSA) is 36.4 Å². The van der Waals surface area contributed by atoms with Crippen LogP contribution < -0.4 is 4.90 Å². The number of nitrogens with zero attached hydrogens (tertiary/aromatic N) is 2. The van der Waals surface area contributed by atoms with Crippen molar-refractivity contribution in [2.75, 3.05) is 18.1 Å². The van der Waals surface area contributed by atoms with Gasteiger partial charge in [0.05, 0.1) is 6.61 Å². The van der Waals surface area contributed by atoms with Crippen molar-refractivity contribution in [2.24, 2.45) is 0 Å². The van der Waals surface area contributed by atoms with Crippen LogP contribution in [0.5, 0.6) is 0 Å². The Morgan fingerprint density at radius 1 is 1.50 bits per heavy atom. The van der Waals surface area contributed by atoms with Crippen LogP contribution in [0.4, 0.5) is 5.82 Å². The first-order valence-electron chi connectivity index (χ1n) is 4.64. The van der Waals surface area contributed by atoms with Gasteiger partial charge in [0.15, 0.2) is 0 Å². The molecule has 4 heteroatoms. The first kappa shape index (κ1) is 11.5. The highest BCUT2D eigenvalue weighted by Gasteiger charge is 2.10. The number of hydrogen-bond acceptors (Lipinski definition) is 3. The maximum atomic E-state index is 8.92. The van der Waals surface area contributed by atoms with Crippen LogP contribution in [-0.2, 0) is 0 Å². The molecular weight excluding hydrogens is 244 g/mol. The maximum absolute atomic E-state index is 8.92. The maximum Gasteiger partial charge on any atom is 0.128 e. The van der Waals surface area contributed by atoms with E-state index in [0.717, 1.165) is 10.3 Å². The first-order valence-corrected chi connectivity index (χ1v) is 5.43. The van der Waals surface area contributed by atoms with E-state index < -0.39 is 0 Å². The van der Waals surface area contributed by atoms with Gasteiger partial charge in [-0.2, -0.15) is 0 Å². The Bertz CT molecular complexity index is 274. The average Bonchev–Trinajstić information content (AvgIpc) is 2.15. The van der Waals surface area contributed by atoms with Crippen LogP contribution in [0.2, 0.25) is 0 Å². The summed E-state index contributed by atoms with van der Waals surface area (Å²) in [6.45, 7) is 4.93. The second kappa shape index (κ2) is 5.32. The third-order valence-electron chi connectivity index (χ3n) is 1.97. The summed E-state index contributed by atoms with van der Waals surface area (Å²) in [4.78, 5) is 6.35. The molecule has 0 amide bonds. The molecule has 1 N–H and O–H groups in total. The van der Waals surface area contributed by atoms with Gasteiger partial charge in [0, 0.05) is 23.3 Å². The van der Waals surface area contributed by atoms with Crippen molar-refractivity contribution in [3.05, 3.63) is 22.8 Å². The van der Waals surface area contributed by atoms with Crippen molar-refractivity contribution >= 4 is 21.7 Å². The lowest BCUT2D eigenvalue weighted by molar-refractivity contribution is 0.298. The minimum absolute atomic E-state index is 0.149. The summed E-state index contributed by atoms with van der Waals surface area (Å²) < 4.78 is 0.967. The van der Waals surface area contributed by atoms with Crippen molar-refractivity contribution < 1.29 is 5.11 Å². The number of pyridine rings is 1. The van der Waals surface area contributed by atoms with Crippen molar-refractivity contribution in [1.29, 1.82) is 0 Å². The van der Waals surface area contributed by atoms with Gasteiger partial charge in [0.2, 0.25) is 0 Å². The van der Waals surface area contributed by atoms with Crippen LogP contribution in [0.1, 0.15) is 13.8 Å². The standard InChI is InChI=1S/C10H15BrN2O/c1-8(2)13(5-6-14)10-4-3-9(11)7-12-10/h3-4,7-8,14H,5-6H2,1-2H3. The fourth-order valence-electron chi connectivity index (χ4n) is 1.28. The van der Waals surface area contributed by atoms with Crippen LogP contribution in [0.25, 0.3) is 0 Å². The van der Waals surface area contributed by atoms with Gasteiger partial charge in [0.25, 0.3) is 0 Å². The molecule has 0 radical (unpaired) electrons. The van der Waals surface area contributed by atoms with E-state index in [1.807, 2.05) is 12.1 Å². The summed E-state index contributed by atoms with van der Waals surface area (Å²) in [5, 5.41) is 8.92. The molecule has 0 spiro atoms. The van der Waals surface area contributed by atoms with E-state index in [4.69, 9.17) is 5.11 Å². The molecule has 0 saturated heterocycles. The molecule has 0 bridgehead atoms. The van der Waals surface area contributed by atoms with Crippen LogP contribution in [0, 0.1) is 0 Å². The fraction of sp³-hybridized carbons (Fsp3) is 0.500.